The molecule has 2 aromatic carbocycles. The number of furan rings is 1. The number of thiocarbonyl (C=S) groups is 1. The highest BCUT2D eigenvalue weighted by molar-refractivity contribution is 7.80. The third-order valence-electron chi connectivity index (χ3n) is 3.77. The summed E-state index contributed by atoms with van der Waals surface area (Å²) in [4.78, 5) is 1.91. The molecule has 1 aromatic heterocycles. The van der Waals surface area contributed by atoms with E-state index in [9.17, 15) is 13.2 Å². The van der Waals surface area contributed by atoms with Crippen LogP contribution < -0.4 is 10.1 Å². The van der Waals surface area contributed by atoms with Gasteiger partial charge in [0.1, 0.15) is 11.5 Å². The fourth-order valence-electron chi connectivity index (χ4n) is 2.54. The van der Waals surface area contributed by atoms with Crippen molar-refractivity contribution in [3.05, 3.63) is 84.3 Å². The standard InChI is InChI=1S/C20H17F3N2O2S/c21-20(22,23)27-17-10-8-16(9-11-17)24-19(28)25(14-18-7-4-12-26-18)13-15-5-2-1-3-6-15/h1-12H,13-14H2,(H,24,28). The molecule has 28 heavy (non-hydrogen) atoms. The minimum Gasteiger partial charge on any atom is -0.467 e. The number of alkyl halides is 3. The second-order valence-electron chi connectivity index (χ2n) is 5.92. The molecule has 0 unspecified atom stereocenters. The normalized spacial score (nSPS) is 11.1. The van der Waals surface area contributed by atoms with Crippen molar-refractivity contribution >= 4 is 23.0 Å². The Morgan fingerprint density at radius 1 is 0.964 bits per heavy atom. The van der Waals surface area contributed by atoms with Gasteiger partial charge in [-0.15, -0.1) is 13.2 Å². The monoisotopic (exact) mass is 406 g/mol. The average molecular weight is 406 g/mol. The van der Waals surface area contributed by atoms with Crippen LogP contribution in [-0.2, 0) is 13.1 Å². The summed E-state index contributed by atoms with van der Waals surface area (Å²) in [6.45, 7) is 0.992. The third-order valence-corrected chi connectivity index (χ3v) is 4.13. The molecule has 1 heterocycles. The number of anilines is 1. The summed E-state index contributed by atoms with van der Waals surface area (Å²) in [5.74, 6) is 0.453. The number of nitrogens with one attached hydrogen (secondary N) is 1. The van der Waals surface area contributed by atoms with E-state index in [4.69, 9.17) is 16.6 Å². The van der Waals surface area contributed by atoms with Gasteiger partial charge in [-0.25, -0.2) is 0 Å². The molecule has 0 aliphatic carbocycles. The lowest BCUT2D eigenvalue weighted by atomic mass is 10.2. The Balaban J connectivity index is 1.69. The number of hydrogen-bond donors (Lipinski definition) is 1. The molecule has 0 aliphatic heterocycles. The maximum Gasteiger partial charge on any atom is 0.573 e. The first-order valence-corrected chi connectivity index (χ1v) is 8.78. The second kappa shape index (κ2) is 8.79. The zero-order valence-corrected chi connectivity index (χ0v) is 15.5. The van der Waals surface area contributed by atoms with E-state index in [-0.39, 0.29) is 5.75 Å². The fraction of sp³-hybridized carbons (Fsp3) is 0.150. The summed E-state index contributed by atoms with van der Waals surface area (Å²) in [6.07, 6.45) is -3.13. The van der Waals surface area contributed by atoms with Gasteiger partial charge in [0.15, 0.2) is 5.11 Å². The Kier molecular flexibility index (Phi) is 6.20. The van der Waals surface area contributed by atoms with Crippen molar-refractivity contribution in [2.24, 2.45) is 0 Å². The summed E-state index contributed by atoms with van der Waals surface area (Å²) in [7, 11) is 0. The molecule has 0 amide bonds. The molecule has 0 saturated heterocycles. The summed E-state index contributed by atoms with van der Waals surface area (Å²) in [5, 5.41) is 3.46. The predicted octanol–water partition coefficient (Wildman–Crippen LogP) is 5.58. The highest BCUT2D eigenvalue weighted by atomic mass is 32.1. The van der Waals surface area contributed by atoms with E-state index in [1.807, 2.05) is 41.3 Å². The van der Waals surface area contributed by atoms with Gasteiger partial charge >= 0.3 is 6.36 Å². The van der Waals surface area contributed by atoms with Crippen molar-refractivity contribution < 1.29 is 22.3 Å². The lowest BCUT2D eigenvalue weighted by Gasteiger charge is -2.25. The van der Waals surface area contributed by atoms with E-state index < -0.39 is 6.36 Å². The molecular formula is C20H17F3N2O2S. The van der Waals surface area contributed by atoms with Crippen molar-refractivity contribution in [2.45, 2.75) is 19.5 Å². The third kappa shape index (κ3) is 6.02. The van der Waals surface area contributed by atoms with E-state index in [1.54, 1.807) is 12.3 Å². The predicted molar refractivity (Wildman–Crippen MR) is 104 cm³/mol. The van der Waals surface area contributed by atoms with E-state index in [0.29, 0.717) is 23.9 Å². The van der Waals surface area contributed by atoms with Crippen molar-refractivity contribution in [3.63, 3.8) is 0 Å². The van der Waals surface area contributed by atoms with Crippen LogP contribution in [0.5, 0.6) is 5.75 Å². The quantitative estimate of drug-likeness (QED) is 0.541. The first-order valence-electron chi connectivity index (χ1n) is 8.37. The van der Waals surface area contributed by atoms with Crippen LogP contribution in [0, 0.1) is 0 Å². The molecule has 4 nitrogen and oxygen atoms in total. The molecule has 0 bridgehead atoms. The lowest BCUT2D eigenvalue weighted by molar-refractivity contribution is -0.274. The summed E-state index contributed by atoms with van der Waals surface area (Å²) in [6, 6.07) is 18.8. The maximum absolute atomic E-state index is 12.3. The van der Waals surface area contributed by atoms with Crippen molar-refractivity contribution in [1.29, 1.82) is 0 Å². The number of ether oxygens (including phenoxy) is 1. The van der Waals surface area contributed by atoms with Gasteiger partial charge in [-0.2, -0.15) is 0 Å². The van der Waals surface area contributed by atoms with E-state index >= 15 is 0 Å². The molecule has 0 spiro atoms. The molecule has 0 aliphatic rings. The van der Waals surface area contributed by atoms with E-state index in [1.165, 1.54) is 24.3 Å². The van der Waals surface area contributed by atoms with Crippen LogP contribution in [0.2, 0.25) is 0 Å². The first kappa shape index (κ1) is 19.8. The van der Waals surface area contributed by atoms with Crippen LogP contribution in [0.1, 0.15) is 11.3 Å². The SMILES string of the molecule is FC(F)(F)Oc1ccc(NC(=S)N(Cc2ccccc2)Cc2ccco2)cc1. The number of nitrogens with zero attached hydrogens (tertiary/aromatic N) is 1. The maximum atomic E-state index is 12.3. The van der Waals surface area contributed by atoms with Gasteiger partial charge in [-0.3, -0.25) is 0 Å². The zero-order chi connectivity index (χ0) is 20.0. The van der Waals surface area contributed by atoms with Gasteiger partial charge < -0.3 is 19.4 Å². The van der Waals surface area contributed by atoms with Crippen molar-refractivity contribution in [1.82, 2.24) is 4.90 Å². The number of hydrogen-bond acceptors (Lipinski definition) is 3. The Morgan fingerprint density at radius 3 is 2.29 bits per heavy atom. The Morgan fingerprint density at radius 2 is 1.68 bits per heavy atom. The fourth-order valence-corrected chi connectivity index (χ4v) is 2.78. The molecule has 0 atom stereocenters. The van der Waals surface area contributed by atoms with Crippen LogP contribution in [-0.4, -0.2) is 16.4 Å². The van der Waals surface area contributed by atoms with Crippen molar-refractivity contribution in [3.8, 4) is 5.75 Å². The van der Waals surface area contributed by atoms with Crippen LogP contribution in [0.4, 0.5) is 18.9 Å². The zero-order valence-electron chi connectivity index (χ0n) is 14.6. The molecule has 0 saturated carbocycles. The van der Waals surface area contributed by atoms with Crippen LogP contribution in [0.3, 0.4) is 0 Å². The Labute approximate surface area is 165 Å². The van der Waals surface area contributed by atoms with Gasteiger partial charge in [0.25, 0.3) is 0 Å². The topological polar surface area (TPSA) is 37.6 Å². The molecule has 0 fully saturated rings. The minimum atomic E-state index is -4.72. The van der Waals surface area contributed by atoms with Crippen LogP contribution >= 0.6 is 12.2 Å². The van der Waals surface area contributed by atoms with E-state index in [0.717, 1.165) is 11.3 Å². The lowest BCUT2D eigenvalue weighted by Crippen LogP contribution is -2.33. The summed E-state index contributed by atoms with van der Waals surface area (Å²) < 4.78 is 46.1. The minimum absolute atomic E-state index is 0.291. The van der Waals surface area contributed by atoms with Gasteiger partial charge in [0.2, 0.25) is 0 Å². The smallest absolute Gasteiger partial charge is 0.467 e. The summed E-state index contributed by atoms with van der Waals surface area (Å²) >= 11 is 5.51. The van der Waals surface area contributed by atoms with Crippen molar-refractivity contribution in [2.75, 3.05) is 5.32 Å². The Hall–Kier alpha value is -3.00. The molecule has 0 radical (unpaired) electrons. The van der Waals surface area contributed by atoms with Gasteiger partial charge in [0, 0.05) is 12.2 Å². The number of benzene rings is 2. The summed E-state index contributed by atoms with van der Waals surface area (Å²) in [5.41, 5.74) is 1.61. The van der Waals surface area contributed by atoms with Crippen LogP contribution in [0.25, 0.3) is 0 Å². The average Bonchev–Trinajstić information content (AvgIpc) is 3.15. The molecule has 1 N–H and O–H groups in total. The molecule has 3 aromatic rings. The first-order chi connectivity index (χ1) is 13.4. The van der Waals surface area contributed by atoms with Gasteiger partial charge in [-0.1, -0.05) is 30.3 Å². The largest absolute Gasteiger partial charge is 0.573 e. The Bertz CT molecular complexity index is 882. The highest BCUT2D eigenvalue weighted by Crippen LogP contribution is 2.24. The molecule has 3 rings (SSSR count). The van der Waals surface area contributed by atoms with Gasteiger partial charge in [0.05, 0.1) is 12.8 Å². The van der Waals surface area contributed by atoms with Gasteiger partial charge in [-0.05, 0) is 54.2 Å². The number of rotatable bonds is 6. The molecule has 146 valence electrons. The number of halogens is 3. The second-order valence-corrected chi connectivity index (χ2v) is 6.31. The highest BCUT2D eigenvalue weighted by Gasteiger charge is 2.31. The molecule has 8 heteroatoms. The van der Waals surface area contributed by atoms with Crippen LogP contribution in [0.15, 0.2) is 77.4 Å². The van der Waals surface area contributed by atoms with E-state index in [2.05, 4.69) is 10.1 Å². The molecular weight excluding hydrogens is 389 g/mol.